The quantitative estimate of drug-likeness (QED) is 0.538. The van der Waals surface area contributed by atoms with E-state index in [9.17, 15) is 15.2 Å². The molecule has 6 heteroatoms. The number of nitrogens with zero attached hydrogens (tertiary/aromatic N) is 1. The van der Waals surface area contributed by atoms with E-state index in [1.54, 1.807) is 18.2 Å². The number of carbonyl (C=O) groups excluding carboxylic acids is 1. The van der Waals surface area contributed by atoms with Crippen molar-refractivity contribution in [1.29, 1.82) is 5.26 Å². The number of anilines is 1. The molecule has 0 saturated carbocycles. The first kappa shape index (κ1) is 17.3. The highest BCUT2D eigenvalue weighted by atomic mass is 79.9. The number of phenols is 1. The topological polar surface area (TPSA) is 73.1 Å². The number of aromatic hydroxyl groups is 1. The summed E-state index contributed by atoms with van der Waals surface area (Å²) < 4.78 is 0.934. The second-order valence-electron chi connectivity index (χ2n) is 4.83. The Bertz CT molecular complexity index is 816. The Hall–Kier alpha value is -2.10. The third-order valence-corrected chi connectivity index (χ3v) is 4.20. The van der Waals surface area contributed by atoms with E-state index in [1.165, 1.54) is 6.08 Å². The monoisotopic (exact) mass is 434 g/mol. The van der Waals surface area contributed by atoms with Crippen LogP contribution >= 0.6 is 31.9 Å². The van der Waals surface area contributed by atoms with Crippen LogP contribution in [-0.4, -0.2) is 11.0 Å². The highest BCUT2D eigenvalue weighted by molar-refractivity contribution is 9.11. The molecular weight excluding hydrogens is 424 g/mol. The predicted molar refractivity (Wildman–Crippen MR) is 96.9 cm³/mol. The van der Waals surface area contributed by atoms with Crippen LogP contribution < -0.4 is 5.32 Å². The molecular formula is C17H12Br2N2O2. The first-order valence-corrected chi connectivity index (χ1v) is 8.17. The van der Waals surface area contributed by atoms with Crippen LogP contribution in [0.4, 0.5) is 5.69 Å². The number of hydrogen-bond acceptors (Lipinski definition) is 3. The number of rotatable bonds is 3. The van der Waals surface area contributed by atoms with Crippen LogP contribution in [-0.2, 0) is 4.79 Å². The highest BCUT2D eigenvalue weighted by Gasteiger charge is 2.11. The summed E-state index contributed by atoms with van der Waals surface area (Å²) in [4.78, 5) is 12.2. The predicted octanol–water partition coefficient (Wildman–Crippen LogP) is 4.77. The Morgan fingerprint density at radius 3 is 2.48 bits per heavy atom. The van der Waals surface area contributed by atoms with Crippen LogP contribution in [0.3, 0.4) is 0 Å². The number of nitriles is 1. The average Bonchev–Trinajstić information content (AvgIpc) is 2.50. The molecule has 0 aliphatic carbocycles. The van der Waals surface area contributed by atoms with E-state index in [0.717, 1.165) is 5.56 Å². The second kappa shape index (κ2) is 7.44. The molecule has 2 aromatic rings. The molecule has 2 rings (SSSR count). The normalized spacial score (nSPS) is 11.0. The summed E-state index contributed by atoms with van der Waals surface area (Å²) in [5.41, 5.74) is 2.22. The minimum atomic E-state index is -0.488. The third kappa shape index (κ3) is 4.44. The van der Waals surface area contributed by atoms with Gasteiger partial charge in [-0.25, -0.2) is 0 Å². The molecule has 0 aromatic heterocycles. The molecule has 1 amide bonds. The largest absolute Gasteiger partial charge is 0.506 e. The lowest BCUT2D eigenvalue weighted by Gasteiger charge is -2.06. The van der Waals surface area contributed by atoms with E-state index in [0.29, 0.717) is 20.2 Å². The molecule has 0 saturated heterocycles. The number of carbonyl (C=O) groups is 1. The molecule has 0 atom stereocenters. The van der Waals surface area contributed by atoms with Crippen molar-refractivity contribution in [2.24, 2.45) is 0 Å². The smallest absolute Gasteiger partial charge is 0.266 e. The Morgan fingerprint density at radius 1 is 1.26 bits per heavy atom. The van der Waals surface area contributed by atoms with E-state index in [1.807, 2.05) is 31.2 Å². The maximum atomic E-state index is 12.2. The lowest BCUT2D eigenvalue weighted by atomic mass is 10.1. The van der Waals surface area contributed by atoms with Crippen LogP contribution in [0.25, 0.3) is 6.08 Å². The van der Waals surface area contributed by atoms with Gasteiger partial charge in [0, 0.05) is 5.69 Å². The molecule has 116 valence electrons. The summed E-state index contributed by atoms with van der Waals surface area (Å²) in [6, 6.07) is 12.5. The maximum absolute atomic E-state index is 12.2. The van der Waals surface area contributed by atoms with E-state index >= 15 is 0 Å². The zero-order valence-corrected chi connectivity index (χ0v) is 15.3. The molecule has 0 unspecified atom stereocenters. The Kier molecular flexibility index (Phi) is 5.59. The molecule has 4 nitrogen and oxygen atoms in total. The summed E-state index contributed by atoms with van der Waals surface area (Å²) in [6.45, 7) is 1.92. The van der Waals surface area contributed by atoms with Gasteiger partial charge in [0.05, 0.1) is 8.95 Å². The summed E-state index contributed by atoms with van der Waals surface area (Å²) in [5.74, 6) is -0.428. The first-order valence-electron chi connectivity index (χ1n) is 6.58. The van der Waals surface area contributed by atoms with Gasteiger partial charge in [0.25, 0.3) is 5.91 Å². The van der Waals surface area contributed by atoms with Crippen molar-refractivity contribution >= 4 is 49.5 Å². The SMILES string of the molecule is Cc1cccc(NC(=O)C(C#N)=Cc2cc(Br)c(O)c(Br)c2)c1. The number of hydrogen-bond donors (Lipinski definition) is 2. The van der Waals surface area contributed by atoms with Crippen LogP contribution in [0.15, 0.2) is 50.9 Å². The maximum Gasteiger partial charge on any atom is 0.266 e. The van der Waals surface area contributed by atoms with Gasteiger partial charge in [0.15, 0.2) is 0 Å². The number of nitrogens with one attached hydrogen (secondary N) is 1. The van der Waals surface area contributed by atoms with Crippen LogP contribution in [0, 0.1) is 18.3 Å². The van der Waals surface area contributed by atoms with Gasteiger partial charge in [0.2, 0.25) is 0 Å². The van der Waals surface area contributed by atoms with E-state index in [2.05, 4.69) is 37.2 Å². The fourth-order valence-corrected chi connectivity index (χ4v) is 3.13. The van der Waals surface area contributed by atoms with Crippen molar-refractivity contribution in [2.45, 2.75) is 6.92 Å². The first-order chi connectivity index (χ1) is 10.9. The van der Waals surface area contributed by atoms with Crippen molar-refractivity contribution in [3.8, 4) is 11.8 Å². The molecule has 0 fully saturated rings. The fourth-order valence-electron chi connectivity index (χ4n) is 1.90. The number of benzene rings is 2. The molecule has 0 aliphatic rings. The minimum Gasteiger partial charge on any atom is -0.506 e. The highest BCUT2D eigenvalue weighted by Crippen LogP contribution is 2.34. The fraction of sp³-hybridized carbons (Fsp3) is 0.0588. The van der Waals surface area contributed by atoms with Crippen LogP contribution in [0.1, 0.15) is 11.1 Å². The molecule has 23 heavy (non-hydrogen) atoms. The van der Waals surface area contributed by atoms with Crippen molar-refractivity contribution in [3.63, 3.8) is 0 Å². The number of aryl methyl sites for hydroxylation is 1. The molecule has 2 aromatic carbocycles. The summed E-state index contributed by atoms with van der Waals surface area (Å²) in [5, 5.41) is 21.6. The van der Waals surface area contributed by atoms with Gasteiger partial charge in [-0.2, -0.15) is 5.26 Å². The Morgan fingerprint density at radius 2 is 1.91 bits per heavy atom. The number of amides is 1. The van der Waals surface area contributed by atoms with E-state index in [4.69, 9.17) is 0 Å². The zero-order chi connectivity index (χ0) is 17.0. The van der Waals surface area contributed by atoms with Gasteiger partial charge in [-0.15, -0.1) is 0 Å². The lowest BCUT2D eigenvalue weighted by molar-refractivity contribution is -0.112. The number of halogens is 2. The standard InChI is InChI=1S/C17H12Br2N2O2/c1-10-3-2-4-13(5-10)21-17(23)12(9-20)6-11-7-14(18)16(22)15(19)8-11/h2-8,22H,1H3,(H,21,23). The minimum absolute atomic E-state index is 0.0315. The molecule has 0 heterocycles. The van der Waals surface area contributed by atoms with E-state index in [-0.39, 0.29) is 11.3 Å². The molecule has 0 aliphatic heterocycles. The lowest BCUT2D eigenvalue weighted by Crippen LogP contribution is -2.13. The van der Waals surface area contributed by atoms with Crippen LogP contribution in [0.2, 0.25) is 0 Å². The Labute approximate surface area is 150 Å². The second-order valence-corrected chi connectivity index (χ2v) is 6.54. The molecule has 0 spiro atoms. The van der Waals surface area contributed by atoms with Gasteiger partial charge >= 0.3 is 0 Å². The van der Waals surface area contributed by atoms with Gasteiger partial charge in [-0.3, -0.25) is 4.79 Å². The van der Waals surface area contributed by atoms with Crippen LogP contribution in [0.5, 0.6) is 5.75 Å². The van der Waals surface area contributed by atoms with Gasteiger partial charge in [-0.05, 0) is 80.3 Å². The zero-order valence-electron chi connectivity index (χ0n) is 12.1. The summed E-state index contributed by atoms with van der Waals surface area (Å²) in [7, 11) is 0. The van der Waals surface area contributed by atoms with Gasteiger partial charge in [-0.1, -0.05) is 12.1 Å². The van der Waals surface area contributed by atoms with Crippen molar-refractivity contribution < 1.29 is 9.90 Å². The molecule has 0 bridgehead atoms. The van der Waals surface area contributed by atoms with Gasteiger partial charge in [0.1, 0.15) is 17.4 Å². The van der Waals surface area contributed by atoms with Gasteiger partial charge < -0.3 is 10.4 Å². The van der Waals surface area contributed by atoms with Crippen molar-refractivity contribution in [2.75, 3.05) is 5.32 Å². The Balaban J connectivity index is 2.28. The number of phenolic OH excluding ortho intramolecular Hbond substituents is 1. The molecule has 2 N–H and O–H groups in total. The third-order valence-electron chi connectivity index (χ3n) is 2.99. The average molecular weight is 436 g/mol. The van der Waals surface area contributed by atoms with E-state index < -0.39 is 5.91 Å². The van der Waals surface area contributed by atoms with Crippen molar-refractivity contribution in [3.05, 3.63) is 62.0 Å². The summed E-state index contributed by atoms with van der Waals surface area (Å²) >= 11 is 6.43. The summed E-state index contributed by atoms with van der Waals surface area (Å²) in [6.07, 6.45) is 1.46. The molecule has 0 radical (unpaired) electrons. The van der Waals surface area contributed by atoms with Crippen molar-refractivity contribution in [1.82, 2.24) is 0 Å².